The van der Waals surface area contributed by atoms with Gasteiger partial charge in [0.15, 0.2) is 5.13 Å². The predicted octanol–water partition coefficient (Wildman–Crippen LogP) is 2.10. The smallest absolute Gasteiger partial charge is 0.231 e. The number of anilines is 1. The molecule has 0 aromatic carbocycles. The molecule has 1 aromatic heterocycles. The number of hydrogen-bond acceptors (Lipinski definition) is 4. The van der Waals surface area contributed by atoms with Gasteiger partial charge < -0.3 is 0 Å². The van der Waals surface area contributed by atoms with Crippen LogP contribution in [0.15, 0.2) is 5.38 Å². The summed E-state index contributed by atoms with van der Waals surface area (Å²) in [6, 6.07) is 0. The molecule has 1 aromatic rings. The largest absolute Gasteiger partial charge is 0.259 e. The van der Waals surface area contributed by atoms with Crippen molar-refractivity contribution in [3.63, 3.8) is 0 Å². The molecule has 0 aliphatic rings. The molecule has 4 nitrogen and oxygen atoms in total. The van der Waals surface area contributed by atoms with E-state index in [0.29, 0.717) is 5.13 Å². The summed E-state index contributed by atoms with van der Waals surface area (Å²) in [5, 5.41) is 2.33. The van der Waals surface area contributed by atoms with Gasteiger partial charge in [-0.15, -0.1) is 11.3 Å². The van der Waals surface area contributed by atoms with Crippen LogP contribution in [-0.2, 0) is 16.4 Å². The lowest BCUT2D eigenvalue weighted by atomic mass is 9.91. The number of nitrogens with zero attached hydrogens (tertiary/aromatic N) is 1. The van der Waals surface area contributed by atoms with E-state index in [1.165, 1.54) is 11.3 Å². The minimum Gasteiger partial charge on any atom is -0.259 e. The number of nitrogens with one attached hydrogen (secondary N) is 1. The molecule has 0 radical (unpaired) electrons. The summed E-state index contributed by atoms with van der Waals surface area (Å²) in [6.07, 6.45) is 1.97. The van der Waals surface area contributed by atoms with Gasteiger partial charge in [-0.05, 0) is 11.8 Å². The van der Waals surface area contributed by atoms with Crippen molar-refractivity contribution in [2.75, 3.05) is 11.0 Å². The number of aromatic nitrogens is 1. The number of rotatable bonds is 3. The Kier molecular flexibility index (Phi) is 3.40. The highest BCUT2D eigenvalue weighted by Crippen LogP contribution is 2.24. The van der Waals surface area contributed by atoms with Gasteiger partial charge in [0.2, 0.25) is 10.0 Å². The summed E-state index contributed by atoms with van der Waals surface area (Å²) in [4.78, 5) is 4.21. The van der Waals surface area contributed by atoms with Crippen molar-refractivity contribution in [3.05, 3.63) is 11.1 Å². The molecular weight excluding hydrogens is 232 g/mol. The lowest BCUT2D eigenvalue weighted by Gasteiger charge is -2.15. The van der Waals surface area contributed by atoms with E-state index < -0.39 is 10.0 Å². The SMILES string of the molecule is CC(C)(C)Cc1csc(NS(C)(=O)=O)n1. The molecular formula is C9H16N2O2S2. The highest BCUT2D eigenvalue weighted by molar-refractivity contribution is 7.92. The second-order valence-electron chi connectivity index (χ2n) is 4.76. The highest BCUT2D eigenvalue weighted by Gasteiger charge is 2.14. The molecule has 1 N–H and O–H groups in total. The second kappa shape index (κ2) is 4.09. The number of sulfonamides is 1. The second-order valence-corrected chi connectivity index (χ2v) is 7.36. The van der Waals surface area contributed by atoms with Crippen molar-refractivity contribution in [1.29, 1.82) is 0 Å². The molecule has 0 spiro atoms. The van der Waals surface area contributed by atoms with E-state index in [0.717, 1.165) is 18.4 Å². The summed E-state index contributed by atoms with van der Waals surface area (Å²) in [5.41, 5.74) is 1.09. The third-order valence-electron chi connectivity index (χ3n) is 1.54. The van der Waals surface area contributed by atoms with Crippen LogP contribution in [0.3, 0.4) is 0 Å². The zero-order valence-corrected chi connectivity index (χ0v) is 11.0. The first-order chi connectivity index (χ1) is 6.66. The monoisotopic (exact) mass is 248 g/mol. The van der Waals surface area contributed by atoms with E-state index in [1.54, 1.807) is 0 Å². The van der Waals surface area contributed by atoms with Crippen LogP contribution in [-0.4, -0.2) is 19.7 Å². The quantitative estimate of drug-likeness (QED) is 0.891. The fourth-order valence-electron chi connectivity index (χ4n) is 1.14. The topological polar surface area (TPSA) is 59.1 Å². The van der Waals surface area contributed by atoms with E-state index in [-0.39, 0.29) is 5.41 Å². The van der Waals surface area contributed by atoms with Crippen molar-refractivity contribution in [1.82, 2.24) is 4.98 Å². The van der Waals surface area contributed by atoms with Crippen LogP contribution in [0.4, 0.5) is 5.13 Å². The van der Waals surface area contributed by atoms with E-state index in [1.807, 2.05) is 5.38 Å². The van der Waals surface area contributed by atoms with Gasteiger partial charge in [0.05, 0.1) is 11.9 Å². The van der Waals surface area contributed by atoms with Gasteiger partial charge in [-0.25, -0.2) is 13.4 Å². The van der Waals surface area contributed by atoms with E-state index in [9.17, 15) is 8.42 Å². The van der Waals surface area contributed by atoms with Gasteiger partial charge in [0.25, 0.3) is 0 Å². The molecule has 0 aliphatic heterocycles. The molecule has 1 heterocycles. The molecule has 0 fully saturated rings. The number of thiazole rings is 1. The maximum absolute atomic E-state index is 11.0. The minimum absolute atomic E-state index is 0.163. The Bertz CT molecular complexity index is 429. The zero-order valence-electron chi connectivity index (χ0n) is 9.36. The van der Waals surface area contributed by atoms with Crippen molar-refractivity contribution in [2.45, 2.75) is 27.2 Å². The molecule has 86 valence electrons. The summed E-state index contributed by atoms with van der Waals surface area (Å²) in [6.45, 7) is 6.36. The highest BCUT2D eigenvalue weighted by atomic mass is 32.2. The van der Waals surface area contributed by atoms with Gasteiger partial charge in [0.1, 0.15) is 0 Å². The molecule has 0 amide bonds. The first-order valence-corrected chi connectivity index (χ1v) is 7.35. The van der Waals surface area contributed by atoms with Crippen LogP contribution in [0.2, 0.25) is 0 Å². The Morgan fingerprint density at radius 3 is 2.53 bits per heavy atom. The lowest BCUT2D eigenvalue weighted by Crippen LogP contribution is -2.11. The first-order valence-electron chi connectivity index (χ1n) is 4.58. The molecule has 0 atom stereocenters. The maximum Gasteiger partial charge on any atom is 0.231 e. The molecule has 0 unspecified atom stereocenters. The number of hydrogen-bond donors (Lipinski definition) is 1. The predicted molar refractivity (Wildman–Crippen MR) is 63.7 cm³/mol. The van der Waals surface area contributed by atoms with Crippen molar-refractivity contribution in [2.24, 2.45) is 5.41 Å². The molecule has 0 aliphatic carbocycles. The van der Waals surface area contributed by atoms with E-state index >= 15 is 0 Å². The summed E-state index contributed by atoms with van der Waals surface area (Å²) < 4.78 is 24.3. The van der Waals surface area contributed by atoms with Gasteiger partial charge in [-0.2, -0.15) is 0 Å². The fraction of sp³-hybridized carbons (Fsp3) is 0.667. The summed E-state index contributed by atoms with van der Waals surface area (Å²) >= 11 is 1.32. The van der Waals surface area contributed by atoms with Crippen molar-refractivity contribution in [3.8, 4) is 0 Å². The van der Waals surface area contributed by atoms with Crippen LogP contribution in [0.25, 0.3) is 0 Å². The van der Waals surface area contributed by atoms with E-state index in [2.05, 4.69) is 30.5 Å². The molecule has 1 rings (SSSR count). The van der Waals surface area contributed by atoms with Gasteiger partial charge in [-0.1, -0.05) is 20.8 Å². The van der Waals surface area contributed by atoms with E-state index in [4.69, 9.17) is 0 Å². The van der Waals surface area contributed by atoms with Crippen molar-refractivity contribution >= 4 is 26.5 Å². The van der Waals surface area contributed by atoms with Gasteiger partial charge >= 0.3 is 0 Å². The Balaban J connectivity index is 2.73. The molecule has 0 saturated heterocycles. The Hall–Kier alpha value is -0.620. The lowest BCUT2D eigenvalue weighted by molar-refractivity contribution is 0.407. The molecule has 0 saturated carbocycles. The third kappa shape index (κ3) is 5.13. The molecule has 6 heteroatoms. The average Bonchev–Trinajstić information content (AvgIpc) is 2.28. The average molecular weight is 248 g/mol. The standard InChI is InChI=1S/C9H16N2O2S2/c1-9(2,3)5-7-6-14-8(10-7)11-15(4,12)13/h6H,5H2,1-4H3,(H,10,11). The Morgan fingerprint density at radius 2 is 2.07 bits per heavy atom. The normalized spacial score (nSPS) is 12.8. The Labute approximate surface area is 94.8 Å². The van der Waals surface area contributed by atoms with Crippen LogP contribution in [0, 0.1) is 5.41 Å². The zero-order chi connectivity index (χ0) is 11.7. The van der Waals surface area contributed by atoms with Crippen molar-refractivity contribution < 1.29 is 8.42 Å². The van der Waals surface area contributed by atoms with Crippen LogP contribution < -0.4 is 4.72 Å². The molecule has 15 heavy (non-hydrogen) atoms. The summed E-state index contributed by atoms with van der Waals surface area (Å²) in [5.74, 6) is 0. The summed E-state index contributed by atoms with van der Waals surface area (Å²) in [7, 11) is -3.21. The maximum atomic E-state index is 11.0. The minimum atomic E-state index is -3.21. The van der Waals surface area contributed by atoms with Crippen LogP contribution >= 0.6 is 11.3 Å². The Morgan fingerprint density at radius 1 is 1.47 bits per heavy atom. The van der Waals surface area contributed by atoms with Gasteiger partial charge in [0, 0.05) is 5.38 Å². The molecule has 0 bridgehead atoms. The van der Waals surface area contributed by atoms with Crippen LogP contribution in [0.5, 0.6) is 0 Å². The first kappa shape index (κ1) is 12.4. The van der Waals surface area contributed by atoms with Crippen LogP contribution in [0.1, 0.15) is 26.5 Å². The van der Waals surface area contributed by atoms with Gasteiger partial charge in [-0.3, -0.25) is 4.72 Å². The third-order valence-corrected chi connectivity index (χ3v) is 3.04. The fourth-order valence-corrected chi connectivity index (χ4v) is 2.70.